The van der Waals surface area contributed by atoms with Gasteiger partial charge >= 0.3 is 0 Å². The fourth-order valence-electron chi connectivity index (χ4n) is 2.22. The quantitative estimate of drug-likeness (QED) is 0.686. The zero-order valence-corrected chi connectivity index (χ0v) is 11.4. The zero-order chi connectivity index (χ0) is 13.2. The Labute approximate surface area is 115 Å². The van der Waals surface area contributed by atoms with Crippen molar-refractivity contribution in [3.8, 4) is 0 Å². The molecule has 0 unspecified atom stereocenters. The number of nitrogens with zero attached hydrogens (tertiary/aromatic N) is 5. The first-order valence-corrected chi connectivity index (χ1v) is 6.66. The van der Waals surface area contributed by atoms with Gasteiger partial charge in [0.25, 0.3) is 0 Å². The molecule has 3 rings (SSSR count). The van der Waals surface area contributed by atoms with Crippen LogP contribution < -0.4 is 0 Å². The Morgan fingerprint density at radius 2 is 2.16 bits per heavy atom. The number of hydrogen-bond acceptors (Lipinski definition) is 3. The van der Waals surface area contributed by atoms with Crippen LogP contribution in [0.2, 0.25) is 0 Å². The second-order valence-corrected chi connectivity index (χ2v) is 4.62. The van der Waals surface area contributed by atoms with E-state index in [0.717, 1.165) is 30.0 Å². The zero-order valence-electron chi connectivity index (χ0n) is 10.6. The van der Waals surface area contributed by atoms with Gasteiger partial charge in [-0.25, -0.2) is 9.97 Å². The summed E-state index contributed by atoms with van der Waals surface area (Å²) < 4.78 is 3.96. The number of aromatic nitrogens is 5. The number of hydrogen-bond donors (Lipinski definition) is 0. The highest BCUT2D eigenvalue weighted by Crippen LogP contribution is 2.16. The highest BCUT2D eigenvalue weighted by molar-refractivity contribution is 6.16. The maximum Gasteiger partial charge on any atom is 0.160 e. The van der Waals surface area contributed by atoms with E-state index >= 15 is 0 Å². The van der Waals surface area contributed by atoms with E-state index in [1.54, 1.807) is 6.20 Å². The van der Waals surface area contributed by atoms with E-state index in [9.17, 15) is 0 Å². The molecule has 19 heavy (non-hydrogen) atoms. The molecule has 3 aromatic heterocycles. The second-order valence-electron chi connectivity index (χ2n) is 4.36. The highest BCUT2D eigenvalue weighted by atomic mass is 35.5. The van der Waals surface area contributed by atoms with Crippen LogP contribution in [0.25, 0.3) is 11.2 Å². The summed E-state index contributed by atoms with van der Waals surface area (Å²) in [5, 5.41) is 4.17. The monoisotopic (exact) mass is 275 g/mol. The van der Waals surface area contributed by atoms with E-state index < -0.39 is 0 Å². The third-order valence-electron chi connectivity index (χ3n) is 3.22. The minimum Gasteiger partial charge on any atom is -0.311 e. The van der Waals surface area contributed by atoms with Gasteiger partial charge in [-0.3, -0.25) is 4.68 Å². The molecule has 3 heterocycles. The molecule has 0 aliphatic rings. The lowest BCUT2D eigenvalue weighted by atomic mass is 10.3. The van der Waals surface area contributed by atoms with Crippen LogP contribution in [-0.4, -0.2) is 24.3 Å². The Balaban J connectivity index is 1.93. The Morgan fingerprint density at radius 1 is 1.26 bits per heavy atom. The van der Waals surface area contributed by atoms with Gasteiger partial charge in [0, 0.05) is 38.1 Å². The molecular formula is C13H14ClN5. The molecule has 5 nitrogen and oxygen atoms in total. The van der Waals surface area contributed by atoms with Crippen LogP contribution >= 0.6 is 11.6 Å². The molecule has 0 atom stereocenters. The fraction of sp³-hybridized carbons (Fsp3) is 0.308. The Kier molecular flexibility index (Phi) is 3.21. The number of imidazole rings is 1. The standard InChI is InChI=1S/C13H14ClN5/c1-18-10(4-7-16-18)5-8-19-12(9-14)17-11-3-2-6-15-13(11)19/h2-4,6-7H,5,8-9H2,1H3. The molecule has 0 fully saturated rings. The maximum atomic E-state index is 5.97. The average Bonchev–Trinajstić information content (AvgIpc) is 2.99. The number of aryl methyl sites for hydroxylation is 3. The van der Waals surface area contributed by atoms with Crippen molar-refractivity contribution in [2.45, 2.75) is 18.8 Å². The summed E-state index contributed by atoms with van der Waals surface area (Å²) in [4.78, 5) is 8.89. The van der Waals surface area contributed by atoms with Crippen LogP contribution in [0.1, 0.15) is 11.5 Å². The van der Waals surface area contributed by atoms with Gasteiger partial charge in [-0.2, -0.15) is 5.10 Å². The van der Waals surface area contributed by atoms with Gasteiger partial charge in [0.1, 0.15) is 11.3 Å². The molecule has 98 valence electrons. The summed E-state index contributed by atoms with van der Waals surface area (Å²) in [6, 6.07) is 5.87. The number of fused-ring (bicyclic) bond motifs is 1. The topological polar surface area (TPSA) is 48.5 Å². The summed E-state index contributed by atoms with van der Waals surface area (Å²) in [6.45, 7) is 0.801. The molecule has 0 saturated heterocycles. The Morgan fingerprint density at radius 3 is 2.89 bits per heavy atom. The van der Waals surface area contributed by atoms with E-state index in [2.05, 4.69) is 19.6 Å². The molecule has 0 N–H and O–H groups in total. The van der Waals surface area contributed by atoms with Crippen molar-refractivity contribution in [3.05, 3.63) is 42.1 Å². The van der Waals surface area contributed by atoms with Crippen LogP contribution in [0.15, 0.2) is 30.6 Å². The van der Waals surface area contributed by atoms with Crippen LogP contribution in [0.4, 0.5) is 0 Å². The summed E-state index contributed by atoms with van der Waals surface area (Å²) in [6.07, 6.45) is 4.47. The van der Waals surface area contributed by atoms with Gasteiger partial charge in [0.2, 0.25) is 0 Å². The molecule has 0 aliphatic heterocycles. The van der Waals surface area contributed by atoms with Crippen LogP contribution in [0, 0.1) is 0 Å². The summed E-state index contributed by atoms with van der Waals surface area (Å²) in [5.41, 5.74) is 2.96. The molecule has 0 aromatic carbocycles. The lowest BCUT2D eigenvalue weighted by Gasteiger charge is -2.07. The average molecular weight is 276 g/mol. The number of alkyl halides is 1. The smallest absolute Gasteiger partial charge is 0.160 e. The summed E-state index contributed by atoms with van der Waals surface area (Å²) in [7, 11) is 1.95. The molecule has 0 saturated carbocycles. The lowest BCUT2D eigenvalue weighted by Crippen LogP contribution is -2.08. The molecule has 0 spiro atoms. The minimum atomic E-state index is 0.391. The van der Waals surface area contributed by atoms with Gasteiger partial charge in [-0.05, 0) is 18.2 Å². The predicted octanol–water partition coefficient (Wildman–Crippen LogP) is 2.15. The maximum absolute atomic E-state index is 5.97. The van der Waals surface area contributed by atoms with Crippen LogP contribution in [-0.2, 0) is 25.9 Å². The number of halogens is 1. The molecule has 0 amide bonds. The normalized spacial score (nSPS) is 11.3. The van der Waals surface area contributed by atoms with E-state index in [-0.39, 0.29) is 0 Å². The Hall–Kier alpha value is -1.88. The fourth-order valence-corrected chi connectivity index (χ4v) is 2.42. The van der Waals surface area contributed by atoms with Crippen molar-refractivity contribution in [2.75, 3.05) is 0 Å². The van der Waals surface area contributed by atoms with Crippen molar-refractivity contribution in [1.82, 2.24) is 24.3 Å². The van der Waals surface area contributed by atoms with E-state index in [1.165, 1.54) is 5.69 Å². The molecule has 3 aromatic rings. The van der Waals surface area contributed by atoms with Crippen molar-refractivity contribution in [3.63, 3.8) is 0 Å². The second kappa shape index (κ2) is 5.01. The van der Waals surface area contributed by atoms with Gasteiger partial charge in [-0.15, -0.1) is 11.6 Å². The summed E-state index contributed by atoms with van der Waals surface area (Å²) >= 11 is 5.97. The third-order valence-corrected chi connectivity index (χ3v) is 3.46. The molecule has 0 radical (unpaired) electrons. The number of rotatable bonds is 4. The summed E-state index contributed by atoms with van der Waals surface area (Å²) in [5.74, 6) is 1.25. The van der Waals surface area contributed by atoms with Crippen LogP contribution in [0.5, 0.6) is 0 Å². The van der Waals surface area contributed by atoms with Gasteiger partial charge in [-0.1, -0.05) is 0 Å². The lowest BCUT2D eigenvalue weighted by molar-refractivity contribution is 0.631. The van der Waals surface area contributed by atoms with Crippen molar-refractivity contribution < 1.29 is 0 Å². The van der Waals surface area contributed by atoms with Gasteiger partial charge < -0.3 is 4.57 Å². The van der Waals surface area contributed by atoms with E-state index in [0.29, 0.717) is 5.88 Å². The third kappa shape index (κ3) is 2.21. The Bertz CT molecular complexity index is 700. The highest BCUT2D eigenvalue weighted by Gasteiger charge is 2.11. The minimum absolute atomic E-state index is 0.391. The van der Waals surface area contributed by atoms with Crippen molar-refractivity contribution in [2.24, 2.45) is 7.05 Å². The van der Waals surface area contributed by atoms with Gasteiger partial charge in [0.05, 0.1) is 5.88 Å². The first-order chi connectivity index (χ1) is 9.29. The first kappa shape index (κ1) is 12.2. The number of pyridine rings is 1. The molecule has 6 heteroatoms. The molecular weight excluding hydrogens is 262 g/mol. The SMILES string of the molecule is Cn1nccc1CCn1c(CCl)nc2cccnc21. The first-order valence-electron chi connectivity index (χ1n) is 6.12. The molecule has 0 bridgehead atoms. The van der Waals surface area contributed by atoms with Crippen molar-refractivity contribution >= 4 is 22.8 Å². The van der Waals surface area contributed by atoms with E-state index in [4.69, 9.17) is 11.6 Å². The predicted molar refractivity (Wildman–Crippen MR) is 74.0 cm³/mol. The van der Waals surface area contributed by atoms with E-state index in [1.807, 2.05) is 36.1 Å². The van der Waals surface area contributed by atoms with Gasteiger partial charge in [0.15, 0.2) is 5.65 Å². The van der Waals surface area contributed by atoms with Crippen molar-refractivity contribution in [1.29, 1.82) is 0 Å². The largest absolute Gasteiger partial charge is 0.311 e. The molecule has 0 aliphatic carbocycles. The van der Waals surface area contributed by atoms with Crippen LogP contribution in [0.3, 0.4) is 0 Å².